The number of carbonyl (C=O) groups excluding carboxylic acids is 2. The van der Waals surface area contributed by atoms with Crippen molar-refractivity contribution in [3.8, 4) is 11.5 Å². The fourth-order valence-electron chi connectivity index (χ4n) is 2.54. The Morgan fingerprint density at radius 1 is 0.926 bits per heavy atom. The van der Waals surface area contributed by atoms with Gasteiger partial charge in [-0.1, -0.05) is 24.3 Å². The molecule has 144 valence electrons. The average molecular weight is 370 g/mol. The second-order valence-electron chi connectivity index (χ2n) is 5.92. The lowest BCUT2D eigenvalue weighted by atomic mass is 10.1. The molecular formula is C21H26N2O4. The highest BCUT2D eigenvalue weighted by Crippen LogP contribution is 2.28. The summed E-state index contributed by atoms with van der Waals surface area (Å²) in [5.74, 6) is 0.0467. The quantitative estimate of drug-likeness (QED) is 0.700. The number of hydrogen-bond donors (Lipinski definition) is 2. The van der Waals surface area contributed by atoms with Crippen LogP contribution in [-0.2, 0) is 16.0 Å². The highest BCUT2D eigenvalue weighted by atomic mass is 16.5. The van der Waals surface area contributed by atoms with Crippen molar-refractivity contribution >= 4 is 17.5 Å². The van der Waals surface area contributed by atoms with E-state index in [-0.39, 0.29) is 0 Å². The molecule has 27 heavy (non-hydrogen) atoms. The molecule has 0 heterocycles. The first kappa shape index (κ1) is 20.3. The summed E-state index contributed by atoms with van der Waals surface area (Å²) >= 11 is 0. The van der Waals surface area contributed by atoms with Gasteiger partial charge in [-0.15, -0.1) is 0 Å². The average Bonchev–Trinajstić information content (AvgIpc) is 2.66. The molecule has 2 aromatic carbocycles. The van der Waals surface area contributed by atoms with Gasteiger partial charge in [0.15, 0.2) is 11.5 Å². The largest absolute Gasteiger partial charge is 0.490 e. The monoisotopic (exact) mass is 370 g/mol. The number of aryl methyl sites for hydroxylation is 1. The summed E-state index contributed by atoms with van der Waals surface area (Å²) in [5.41, 5.74) is 2.52. The molecule has 0 aliphatic rings. The minimum Gasteiger partial charge on any atom is -0.490 e. The molecule has 6 heteroatoms. The number of nitrogens with one attached hydrogen (secondary N) is 2. The molecule has 0 spiro atoms. The topological polar surface area (TPSA) is 76.7 Å². The Hall–Kier alpha value is -3.02. The van der Waals surface area contributed by atoms with Crippen LogP contribution in [0.1, 0.15) is 25.0 Å². The van der Waals surface area contributed by atoms with E-state index in [0.717, 1.165) is 11.1 Å². The maximum atomic E-state index is 12.0. The lowest BCUT2D eigenvalue weighted by molar-refractivity contribution is -0.136. The third-order valence-electron chi connectivity index (χ3n) is 3.91. The molecule has 2 aromatic rings. The summed E-state index contributed by atoms with van der Waals surface area (Å²) in [4.78, 5) is 24.0. The normalized spacial score (nSPS) is 10.2. The number of carbonyl (C=O) groups is 2. The van der Waals surface area contributed by atoms with E-state index in [4.69, 9.17) is 9.47 Å². The van der Waals surface area contributed by atoms with Crippen LogP contribution in [0.4, 0.5) is 5.69 Å². The SMILES string of the molecule is CCOc1ccc(CCNC(=O)C(=O)Nc2ccccc2C)cc1OCC. The standard InChI is InChI=1S/C21H26N2O4/c1-4-26-18-11-10-16(14-19(18)27-5-2)12-13-22-20(24)21(25)23-17-9-7-6-8-15(17)3/h6-11,14H,4-5,12-13H2,1-3H3,(H,22,24)(H,23,25). The van der Waals surface area contributed by atoms with Crippen LogP contribution in [0.15, 0.2) is 42.5 Å². The van der Waals surface area contributed by atoms with Crippen molar-refractivity contribution in [3.63, 3.8) is 0 Å². The van der Waals surface area contributed by atoms with Crippen LogP contribution >= 0.6 is 0 Å². The van der Waals surface area contributed by atoms with Crippen molar-refractivity contribution in [3.05, 3.63) is 53.6 Å². The van der Waals surface area contributed by atoms with E-state index in [1.807, 2.05) is 57.2 Å². The minimum absolute atomic E-state index is 0.347. The zero-order chi connectivity index (χ0) is 19.6. The molecule has 0 fully saturated rings. The maximum absolute atomic E-state index is 12.0. The molecule has 0 radical (unpaired) electrons. The fraction of sp³-hybridized carbons (Fsp3) is 0.333. The molecule has 0 aliphatic heterocycles. The molecule has 2 N–H and O–H groups in total. The third-order valence-corrected chi connectivity index (χ3v) is 3.91. The first-order valence-corrected chi connectivity index (χ1v) is 9.08. The van der Waals surface area contributed by atoms with Crippen molar-refractivity contribution in [1.82, 2.24) is 5.32 Å². The van der Waals surface area contributed by atoms with Crippen LogP contribution in [0, 0.1) is 6.92 Å². The van der Waals surface area contributed by atoms with E-state index in [2.05, 4.69) is 10.6 Å². The van der Waals surface area contributed by atoms with E-state index in [9.17, 15) is 9.59 Å². The summed E-state index contributed by atoms with van der Waals surface area (Å²) in [6.07, 6.45) is 0.579. The molecule has 0 aliphatic carbocycles. The number of benzene rings is 2. The lowest BCUT2D eigenvalue weighted by Gasteiger charge is -2.13. The predicted octanol–water partition coefficient (Wildman–Crippen LogP) is 3.09. The van der Waals surface area contributed by atoms with E-state index in [1.54, 1.807) is 6.07 Å². The van der Waals surface area contributed by atoms with Crippen LogP contribution in [0.2, 0.25) is 0 Å². The van der Waals surface area contributed by atoms with Gasteiger partial charge in [0.05, 0.1) is 13.2 Å². The highest BCUT2D eigenvalue weighted by Gasteiger charge is 2.14. The van der Waals surface area contributed by atoms with Crippen molar-refractivity contribution in [1.29, 1.82) is 0 Å². The van der Waals surface area contributed by atoms with E-state index >= 15 is 0 Å². The van der Waals surface area contributed by atoms with Crippen molar-refractivity contribution in [2.75, 3.05) is 25.1 Å². The van der Waals surface area contributed by atoms with Crippen LogP contribution < -0.4 is 20.1 Å². The number of amides is 2. The molecule has 0 bridgehead atoms. The van der Waals surface area contributed by atoms with E-state index in [0.29, 0.717) is 43.4 Å². The first-order chi connectivity index (χ1) is 13.0. The van der Waals surface area contributed by atoms with Crippen molar-refractivity contribution < 1.29 is 19.1 Å². The lowest BCUT2D eigenvalue weighted by Crippen LogP contribution is -2.36. The summed E-state index contributed by atoms with van der Waals surface area (Å²) in [6.45, 7) is 7.15. The zero-order valence-corrected chi connectivity index (χ0v) is 16.0. The van der Waals surface area contributed by atoms with E-state index < -0.39 is 11.8 Å². The van der Waals surface area contributed by atoms with Gasteiger partial charge < -0.3 is 20.1 Å². The Morgan fingerprint density at radius 2 is 1.63 bits per heavy atom. The summed E-state index contributed by atoms with van der Waals surface area (Å²) in [7, 11) is 0. The molecule has 0 atom stereocenters. The molecule has 2 rings (SSSR count). The smallest absolute Gasteiger partial charge is 0.313 e. The first-order valence-electron chi connectivity index (χ1n) is 9.08. The van der Waals surface area contributed by atoms with E-state index in [1.165, 1.54) is 0 Å². The molecular weight excluding hydrogens is 344 g/mol. The Kier molecular flexibility index (Phi) is 7.67. The van der Waals surface area contributed by atoms with Crippen LogP contribution in [0.3, 0.4) is 0 Å². The molecule has 0 saturated carbocycles. The van der Waals surface area contributed by atoms with Gasteiger partial charge in [0.2, 0.25) is 0 Å². The summed E-state index contributed by atoms with van der Waals surface area (Å²) in [5, 5.41) is 5.26. The van der Waals surface area contributed by atoms with Crippen molar-refractivity contribution in [2.24, 2.45) is 0 Å². The second kappa shape index (κ2) is 10.2. The van der Waals surface area contributed by atoms with Gasteiger partial charge in [-0.2, -0.15) is 0 Å². The van der Waals surface area contributed by atoms with Gasteiger partial charge in [-0.3, -0.25) is 9.59 Å². The van der Waals surface area contributed by atoms with Gasteiger partial charge >= 0.3 is 11.8 Å². The zero-order valence-electron chi connectivity index (χ0n) is 16.0. The molecule has 0 unspecified atom stereocenters. The summed E-state index contributed by atoms with van der Waals surface area (Å²) < 4.78 is 11.1. The van der Waals surface area contributed by atoms with Gasteiger partial charge in [0, 0.05) is 12.2 Å². The van der Waals surface area contributed by atoms with Gasteiger partial charge in [0.25, 0.3) is 0 Å². The van der Waals surface area contributed by atoms with Crippen LogP contribution in [0.5, 0.6) is 11.5 Å². The minimum atomic E-state index is -0.675. The number of para-hydroxylation sites is 1. The number of hydrogen-bond acceptors (Lipinski definition) is 4. The predicted molar refractivity (Wildman–Crippen MR) is 105 cm³/mol. The fourth-order valence-corrected chi connectivity index (χ4v) is 2.54. The molecule has 6 nitrogen and oxygen atoms in total. The Morgan fingerprint density at radius 3 is 2.33 bits per heavy atom. The number of anilines is 1. The molecule has 0 saturated heterocycles. The molecule has 2 amide bonds. The number of rotatable bonds is 8. The van der Waals surface area contributed by atoms with Crippen LogP contribution in [-0.4, -0.2) is 31.6 Å². The molecule has 0 aromatic heterocycles. The maximum Gasteiger partial charge on any atom is 0.313 e. The third kappa shape index (κ3) is 6.02. The van der Waals surface area contributed by atoms with Crippen molar-refractivity contribution in [2.45, 2.75) is 27.2 Å². The van der Waals surface area contributed by atoms with Gasteiger partial charge in [-0.05, 0) is 56.5 Å². The summed E-state index contributed by atoms with van der Waals surface area (Å²) in [6, 6.07) is 13.0. The Labute approximate surface area is 159 Å². The Bertz CT molecular complexity index is 790. The van der Waals surface area contributed by atoms with Gasteiger partial charge in [-0.25, -0.2) is 0 Å². The number of ether oxygens (including phenoxy) is 2. The van der Waals surface area contributed by atoms with Gasteiger partial charge in [0.1, 0.15) is 0 Å². The Balaban J connectivity index is 1.88. The van der Waals surface area contributed by atoms with Crippen LogP contribution in [0.25, 0.3) is 0 Å². The highest BCUT2D eigenvalue weighted by molar-refractivity contribution is 6.39. The second-order valence-corrected chi connectivity index (χ2v) is 5.92.